The molecule has 1 spiro atoms. The van der Waals surface area contributed by atoms with E-state index in [2.05, 4.69) is 5.32 Å². The van der Waals surface area contributed by atoms with E-state index in [1.807, 2.05) is 0 Å². The van der Waals surface area contributed by atoms with Crippen molar-refractivity contribution in [1.29, 1.82) is 0 Å². The Balaban J connectivity index is 1.65. The van der Waals surface area contributed by atoms with Crippen molar-refractivity contribution < 1.29 is 9.47 Å². The van der Waals surface area contributed by atoms with Crippen LogP contribution in [0.25, 0.3) is 0 Å². The SMILES string of the molecule is C1CNC(C2CCOC3(CCOC3)C2)C1. The lowest BCUT2D eigenvalue weighted by Gasteiger charge is -2.39. The minimum Gasteiger partial charge on any atom is -0.378 e. The molecule has 0 radical (unpaired) electrons. The predicted molar refractivity (Wildman–Crippen MR) is 57.9 cm³/mol. The van der Waals surface area contributed by atoms with Gasteiger partial charge in [-0.25, -0.2) is 0 Å². The molecule has 1 N–H and O–H groups in total. The fraction of sp³-hybridized carbons (Fsp3) is 1.00. The highest BCUT2D eigenvalue weighted by molar-refractivity contribution is 4.94. The maximum Gasteiger partial charge on any atom is 0.0939 e. The molecule has 3 unspecified atom stereocenters. The Morgan fingerprint density at radius 1 is 1.20 bits per heavy atom. The Bertz CT molecular complexity index is 220. The van der Waals surface area contributed by atoms with E-state index in [0.717, 1.165) is 38.2 Å². The summed E-state index contributed by atoms with van der Waals surface area (Å²) in [5.41, 5.74) is 0.0905. The molecule has 3 heterocycles. The van der Waals surface area contributed by atoms with Gasteiger partial charge in [0.25, 0.3) is 0 Å². The van der Waals surface area contributed by atoms with Crippen molar-refractivity contribution >= 4 is 0 Å². The van der Waals surface area contributed by atoms with Crippen molar-refractivity contribution in [2.45, 2.75) is 43.7 Å². The lowest BCUT2D eigenvalue weighted by Crippen LogP contribution is -2.45. The highest BCUT2D eigenvalue weighted by atomic mass is 16.6. The predicted octanol–water partition coefficient (Wildman–Crippen LogP) is 1.32. The van der Waals surface area contributed by atoms with Gasteiger partial charge in [0, 0.05) is 25.7 Å². The number of ether oxygens (including phenoxy) is 2. The van der Waals surface area contributed by atoms with Gasteiger partial charge in [-0.1, -0.05) is 0 Å². The van der Waals surface area contributed by atoms with Crippen molar-refractivity contribution in [3.05, 3.63) is 0 Å². The van der Waals surface area contributed by atoms with E-state index >= 15 is 0 Å². The first-order valence-corrected chi connectivity index (χ1v) is 6.33. The molecule has 3 aliphatic heterocycles. The Labute approximate surface area is 91.5 Å². The summed E-state index contributed by atoms with van der Waals surface area (Å²) >= 11 is 0. The first-order valence-electron chi connectivity index (χ1n) is 6.33. The molecular formula is C12H21NO2. The van der Waals surface area contributed by atoms with Crippen LogP contribution >= 0.6 is 0 Å². The first-order chi connectivity index (χ1) is 7.38. The van der Waals surface area contributed by atoms with Crippen LogP contribution in [0.1, 0.15) is 32.1 Å². The monoisotopic (exact) mass is 211 g/mol. The van der Waals surface area contributed by atoms with Crippen LogP contribution in [0.15, 0.2) is 0 Å². The van der Waals surface area contributed by atoms with Crippen LogP contribution in [0.4, 0.5) is 0 Å². The van der Waals surface area contributed by atoms with Gasteiger partial charge in [0.1, 0.15) is 0 Å². The highest BCUT2D eigenvalue weighted by Crippen LogP contribution is 2.38. The average Bonchev–Trinajstić information content (AvgIpc) is 2.89. The standard InChI is InChI=1S/C12H21NO2/c1-2-11(13-5-1)10-3-6-15-12(8-10)4-7-14-9-12/h10-11,13H,1-9H2. The van der Waals surface area contributed by atoms with Gasteiger partial charge in [-0.3, -0.25) is 0 Å². The summed E-state index contributed by atoms with van der Waals surface area (Å²) in [7, 11) is 0. The maximum atomic E-state index is 5.96. The normalized spacial score (nSPS) is 46.4. The van der Waals surface area contributed by atoms with E-state index in [4.69, 9.17) is 9.47 Å². The number of rotatable bonds is 1. The van der Waals surface area contributed by atoms with Crippen LogP contribution in [0, 0.1) is 5.92 Å². The average molecular weight is 211 g/mol. The fourth-order valence-electron chi connectivity index (χ4n) is 3.39. The van der Waals surface area contributed by atoms with Crippen molar-refractivity contribution in [3.8, 4) is 0 Å². The van der Waals surface area contributed by atoms with Gasteiger partial charge < -0.3 is 14.8 Å². The summed E-state index contributed by atoms with van der Waals surface area (Å²) in [5.74, 6) is 0.822. The van der Waals surface area contributed by atoms with Gasteiger partial charge in [-0.15, -0.1) is 0 Å². The topological polar surface area (TPSA) is 30.5 Å². The molecule has 3 aliphatic rings. The van der Waals surface area contributed by atoms with Gasteiger partial charge in [0.15, 0.2) is 0 Å². The summed E-state index contributed by atoms with van der Waals surface area (Å²) in [6.07, 6.45) is 6.27. The molecule has 86 valence electrons. The molecule has 3 nitrogen and oxygen atoms in total. The zero-order valence-electron chi connectivity index (χ0n) is 9.34. The van der Waals surface area contributed by atoms with Crippen molar-refractivity contribution in [3.63, 3.8) is 0 Å². The third-order valence-electron chi connectivity index (χ3n) is 4.27. The second kappa shape index (κ2) is 4.04. The van der Waals surface area contributed by atoms with Gasteiger partial charge in [-0.2, -0.15) is 0 Å². The first kappa shape index (κ1) is 10.1. The zero-order valence-corrected chi connectivity index (χ0v) is 9.34. The smallest absolute Gasteiger partial charge is 0.0939 e. The summed E-state index contributed by atoms with van der Waals surface area (Å²) in [6.45, 7) is 3.87. The lowest BCUT2D eigenvalue weighted by atomic mass is 9.81. The van der Waals surface area contributed by atoms with Crippen LogP contribution in [-0.4, -0.2) is 38.0 Å². The molecule has 0 aromatic rings. The van der Waals surface area contributed by atoms with E-state index in [9.17, 15) is 0 Å². The molecule has 0 aromatic heterocycles. The van der Waals surface area contributed by atoms with Gasteiger partial charge >= 0.3 is 0 Å². The van der Waals surface area contributed by atoms with Crippen molar-refractivity contribution in [2.75, 3.05) is 26.4 Å². The largest absolute Gasteiger partial charge is 0.378 e. The molecule has 3 saturated heterocycles. The molecule has 0 amide bonds. The van der Waals surface area contributed by atoms with Crippen molar-refractivity contribution in [2.24, 2.45) is 5.92 Å². The summed E-state index contributed by atoms with van der Waals surface area (Å²) in [6, 6.07) is 0.756. The van der Waals surface area contributed by atoms with E-state index in [-0.39, 0.29) is 5.60 Å². The molecule has 3 rings (SSSR count). The third-order valence-corrected chi connectivity index (χ3v) is 4.27. The van der Waals surface area contributed by atoms with Gasteiger partial charge in [-0.05, 0) is 38.1 Å². The Hall–Kier alpha value is -0.120. The molecular weight excluding hydrogens is 190 g/mol. The molecule has 3 heteroatoms. The van der Waals surface area contributed by atoms with E-state index < -0.39 is 0 Å². The molecule has 15 heavy (non-hydrogen) atoms. The zero-order chi connectivity index (χ0) is 10.1. The summed E-state index contributed by atoms with van der Waals surface area (Å²) in [5, 5.41) is 3.64. The lowest BCUT2D eigenvalue weighted by molar-refractivity contribution is -0.102. The van der Waals surface area contributed by atoms with Gasteiger partial charge in [0.05, 0.1) is 12.2 Å². The minimum absolute atomic E-state index is 0.0905. The number of hydrogen-bond donors (Lipinski definition) is 1. The Morgan fingerprint density at radius 3 is 2.93 bits per heavy atom. The second-order valence-corrected chi connectivity index (χ2v) is 5.29. The molecule has 0 aliphatic carbocycles. The van der Waals surface area contributed by atoms with Crippen LogP contribution in [0.2, 0.25) is 0 Å². The highest BCUT2D eigenvalue weighted by Gasteiger charge is 2.43. The Morgan fingerprint density at radius 2 is 2.20 bits per heavy atom. The van der Waals surface area contributed by atoms with Crippen molar-refractivity contribution in [1.82, 2.24) is 5.32 Å². The maximum absolute atomic E-state index is 5.96. The fourth-order valence-corrected chi connectivity index (χ4v) is 3.39. The summed E-state index contributed by atoms with van der Waals surface area (Å²) < 4.78 is 11.5. The Kier molecular flexibility index (Phi) is 2.71. The molecule has 3 fully saturated rings. The quantitative estimate of drug-likeness (QED) is 0.709. The second-order valence-electron chi connectivity index (χ2n) is 5.29. The molecule has 0 aromatic carbocycles. The summed E-state index contributed by atoms with van der Waals surface area (Å²) in [4.78, 5) is 0. The number of hydrogen-bond acceptors (Lipinski definition) is 3. The third kappa shape index (κ3) is 1.93. The van der Waals surface area contributed by atoms with Crippen LogP contribution in [0.3, 0.4) is 0 Å². The minimum atomic E-state index is 0.0905. The van der Waals surface area contributed by atoms with Gasteiger partial charge in [0.2, 0.25) is 0 Å². The van der Waals surface area contributed by atoms with E-state index in [1.165, 1.54) is 32.2 Å². The molecule has 3 atom stereocenters. The van der Waals surface area contributed by atoms with Crippen LogP contribution in [-0.2, 0) is 9.47 Å². The van der Waals surface area contributed by atoms with E-state index in [0.29, 0.717) is 0 Å². The van der Waals surface area contributed by atoms with Crippen LogP contribution in [0.5, 0.6) is 0 Å². The van der Waals surface area contributed by atoms with Crippen LogP contribution < -0.4 is 5.32 Å². The molecule has 0 bridgehead atoms. The number of nitrogens with one attached hydrogen (secondary N) is 1. The molecule has 0 saturated carbocycles. The van der Waals surface area contributed by atoms with E-state index in [1.54, 1.807) is 0 Å².